The molecular weight excluding hydrogens is 196 g/mol. The summed E-state index contributed by atoms with van der Waals surface area (Å²) in [6, 6.07) is 19.1. The summed E-state index contributed by atoms with van der Waals surface area (Å²) in [6.45, 7) is 0. The van der Waals surface area contributed by atoms with Gasteiger partial charge in [0.15, 0.2) is 0 Å². The molecule has 3 aromatic carbocycles. The Hall–Kier alpha value is -1.60. The van der Waals surface area contributed by atoms with E-state index in [1.165, 1.54) is 21.5 Å². The zero-order valence-electron chi connectivity index (χ0n) is 8.20. The van der Waals surface area contributed by atoms with Gasteiger partial charge in [0.1, 0.15) is 0 Å². The van der Waals surface area contributed by atoms with Crippen LogP contribution in [0.2, 0.25) is 0 Å². The fraction of sp³-hybridized carbons (Fsp3) is 0. The topological polar surface area (TPSA) is 0 Å². The summed E-state index contributed by atoms with van der Waals surface area (Å²) >= 11 is 0. The van der Waals surface area contributed by atoms with Crippen LogP contribution < -0.4 is 5.19 Å². The summed E-state index contributed by atoms with van der Waals surface area (Å²) in [5.41, 5.74) is 0. The Kier molecular flexibility index (Phi) is 1.86. The highest BCUT2D eigenvalue weighted by Crippen LogP contribution is 2.22. The fourth-order valence-corrected chi connectivity index (χ4v) is 2.43. The Bertz CT molecular complexity index is 641. The molecule has 3 radical (unpaired) electrons. The van der Waals surface area contributed by atoms with Crippen LogP contribution in [-0.4, -0.2) is 10.2 Å². The second-order valence-corrected chi connectivity index (χ2v) is 4.23. The maximum atomic E-state index is 3.67. The molecule has 0 fully saturated rings. The molecule has 3 rings (SSSR count). The van der Waals surface area contributed by atoms with E-state index in [2.05, 4.69) is 64.8 Å². The molecule has 69 valence electrons. The van der Waals surface area contributed by atoms with E-state index in [1.54, 1.807) is 0 Å². The van der Waals surface area contributed by atoms with Crippen molar-refractivity contribution in [2.45, 2.75) is 0 Å². The maximum Gasteiger partial charge on any atom is 0.0720 e. The minimum Gasteiger partial charge on any atom is -0.0616 e. The zero-order valence-corrected chi connectivity index (χ0v) is 9.20. The SMILES string of the molecule is [Si]c1cc2ccccc2c2ccccc12. The van der Waals surface area contributed by atoms with Crippen molar-refractivity contribution in [3.05, 3.63) is 54.6 Å². The Labute approximate surface area is 92.0 Å². The Balaban J connectivity index is 2.64. The van der Waals surface area contributed by atoms with Gasteiger partial charge in [-0.2, -0.15) is 0 Å². The van der Waals surface area contributed by atoms with Crippen molar-refractivity contribution in [2.24, 2.45) is 0 Å². The third kappa shape index (κ3) is 1.28. The van der Waals surface area contributed by atoms with Crippen LogP contribution >= 0.6 is 0 Å². The first-order valence-corrected chi connectivity index (χ1v) is 5.48. The third-order valence-corrected chi connectivity index (χ3v) is 3.18. The normalized spacial score (nSPS) is 11.0. The van der Waals surface area contributed by atoms with Crippen molar-refractivity contribution in [3.8, 4) is 0 Å². The van der Waals surface area contributed by atoms with Crippen LogP contribution in [0.1, 0.15) is 0 Å². The molecule has 15 heavy (non-hydrogen) atoms. The van der Waals surface area contributed by atoms with E-state index >= 15 is 0 Å². The van der Waals surface area contributed by atoms with E-state index in [-0.39, 0.29) is 0 Å². The van der Waals surface area contributed by atoms with Crippen LogP contribution in [0.4, 0.5) is 0 Å². The number of hydrogen-bond donors (Lipinski definition) is 0. The van der Waals surface area contributed by atoms with Crippen LogP contribution in [0.3, 0.4) is 0 Å². The predicted octanol–water partition coefficient (Wildman–Crippen LogP) is 2.79. The quantitative estimate of drug-likeness (QED) is 0.391. The maximum absolute atomic E-state index is 3.67. The first kappa shape index (κ1) is 8.68. The molecule has 0 nitrogen and oxygen atoms in total. The lowest BCUT2D eigenvalue weighted by molar-refractivity contribution is 1.78. The van der Waals surface area contributed by atoms with Gasteiger partial charge in [-0.25, -0.2) is 0 Å². The highest BCUT2D eigenvalue weighted by Gasteiger charge is 2.01. The van der Waals surface area contributed by atoms with E-state index in [0.717, 1.165) is 5.19 Å². The Morgan fingerprint density at radius 3 is 2.07 bits per heavy atom. The van der Waals surface area contributed by atoms with Crippen molar-refractivity contribution in [1.82, 2.24) is 0 Å². The van der Waals surface area contributed by atoms with Crippen molar-refractivity contribution < 1.29 is 0 Å². The van der Waals surface area contributed by atoms with Gasteiger partial charge in [0.2, 0.25) is 0 Å². The van der Waals surface area contributed by atoms with Crippen molar-refractivity contribution in [1.29, 1.82) is 0 Å². The smallest absolute Gasteiger partial charge is 0.0616 e. The molecule has 0 saturated heterocycles. The van der Waals surface area contributed by atoms with E-state index in [9.17, 15) is 0 Å². The summed E-state index contributed by atoms with van der Waals surface area (Å²) in [4.78, 5) is 0. The lowest BCUT2D eigenvalue weighted by Crippen LogP contribution is -2.03. The minimum atomic E-state index is 1.16. The molecule has 0 saturated carbocycles. The van der Waals surface area contributed by atoms with Gasteiger partial charge in [0, 0.05) is 0 Å². The van der Waals surface area contributed by atoms with Gasteiger partial charge in [-0.05, 0) is 21.5 Å². The monoisotopic (exact) mass is 205 g/mol. The van der Waals surface area contributed by atoms with Gasteiger partial charge in [0.05, 0.1) is 10.2 Å². The molecule has 3 aromatic rings. The van der Waals surface area contributed by atoms with Gasteiger partial charge in [0.25, 0.3) is 0 Å². The van der Waals surface area contributed by atoms with Crippen molar-refractivity contribution in [2.75, 3.05) is 0 Å². The summed E-state index contributed by atoms with van der Waals surface area (Å²) in [5, 5.41) is 6.33. The molecular formula is C14H9Si. The van der Waals surface area contributed by atoms with Crippen LogP contribution in [0.25, 0.3) is 21.5 Å². The summed E-state index contributed by atoms with van der Waals surface area (Å²) in [5.74, 6) is 0. The molecule has 0 amide bonds. The first-order valence-electron chi connectivity index (χ1n) is 4.98. The molecule has 0 bridgehead atoms. The Morgan fingerprint density at radius 2 is 1.27 bits per heavy atom. The lowest BCUT2D eigenvalue weighted by atomic mass is 10.0. The predicted molar refractivity (Wildman–Crippen MR) is 66.8 cm³/mol. The average Bonchev–Trinajstić information content (AvgIpc) is 2.30. The highest BCUT2D eigenvalue weighted by molar-refractivity contribution is 6.41. The van der Waals surface area contributed by atoms with Gasteiger partial charge < -0.3 is 0 Å². The standard InChI is InChI=1S/C14H9Si/c15-14-9-10-5-1-2-6-11(10)12-7-3-4-8-13(12)14/h1-9H. The number of benzene rings is 3. The van der Waals surface area contributed by atoms with Crippen LogP contribution in [0.5, 0.6) is 0 Å². The molecule has 0 aliphatic carbocycles. The van der Waals surface area contributed by atoms with Crippen LogP contribution in [0, 0.1) is 0 Å². The average molecular weight is 205 g/mol. The molecule has 1 heteroatoms. The fourth-order valence-electron chi connectivity index (χ4n) is 2.05. The molecule has 0 aliphatic rings. The zero-order chi connectivity index (χ0) is 10.3. The van der Waals surface area contributed by atoms with Gasteiger partial charge in [-0.15, -0.1) is 0 Å². The summed E-state index contributed by atoms with van der Waals surface area (Å²) in [6.07, 6.45) is 0. The minimum absolute atomic E-state index is 1.16. The van der Waals surface area contributed by atoms with E-state index < -0.39 is 0 Å². The van der Waals surface area contributed by atoms with Crippen molar-refractivity contribution in [3.63, 3.8) is 0 Å². The third-order valence-electron chi connectivity index (χ3n) is 2.77. The molecule has 0 atom stereocenters. The van der Waals surface area contributed by atoms with Gasteiger partial charge in [-0.3, -0.25) is 0 Å². The molecule has 0 spiro atoms. The summed E-state index contributed by atoms with van der Waals surface area (Å²) in [7, 11) is 3.67. The van der Waals surface area contributed by atoms with E-state index in [1.807, 2.05) is 0 Å². The highest BCUT2D eigenvalue weighted by atomic mass is 28.1. The van der Waals surface area contributed by atoms with Crippen LogP contribution in [-0.2, 0) is 0 Å². The van der Waals surface area contributed by atoms with Gasteiger partial charge in [-0.1, -0.05) is 59.8 Å². The number of hydrogen-bond acceptors (Lipinski definition) is 0. The number of rotatable bonds is 0. The largest absolute Gasteiger partial charge is 0.0720 e. The van der Waals surface area contributed by atoms with E-state index in [0.29, 0.717) is 0 Å². The Morgan fingerprint density at radius 1 is 0.667 bits per heavy atom. The molecule has 0 unspecified atom stereocenters. The first-order chi connectivity index (χ1) is 7.36. The molecule has 0 N–H and O–H groups in total. The van der Waals surface area contributed by atoms with Crippen molar-refractivity contribution >= 4 is 37.0 Å². The summed E-state index contributed by atoms with van der Waals surface area (Å²) < 4.78 is 0. The molecule has 0 aliphatic heterocycles. The van der Waals surface area contributed by atoms with Gasteiger partial charge >= 0.3 is 0 Å². The number of fused-ring (bicyclic) bond motifs is 3. The molecule has 0 heterocycles. The van der Waals surface area contributed by atoms with E-state index in [4.69, 9.17) is 0 Å². The lowest BCUT2D eigenvalue weighted by Gasteiger charge is -2.06. The second-order valence-electron chi connectivity index (χ2n) is 3.69. The molecule has 0 aromatic heterocycles. The van der Waals surface area contributed by atoms with Crippen LogP contribution in [0.15, 0.2) is 54.6 Å². The second kappa shape index (κ2) is 3.21.